The van der Waals surface area contributed by atoms with Crippen LogP contribution in [0.5, 0.6) is 0 Å². The number of carboxylic acids is 1. The fourth-order valence-corrected chi connectivity index (χ4v) is 7.15. The van der Waals surface area contributed by atoms with Crippen molar-refractivity contribution in [3.05, 3.63) is 96.5 Å². The number of rotatable bonds is 6. The molecule has 55 heavy (non-hydrogen) atoms. The van der Waals surface area contributed by atoms with Crippen molar-refractivity contribution in [3.8, 4) is 0 Å². The van der Waals surface area contributed by atoms with Crippen molar-refractivity contribution in [3.63, 3.8) is 0 Å². The van der Waals surface area contributed by atoms with Crippen molar-refractivity contribution in [2.24, 2.45) is 0 Å². The zero-order valence-electron chi connectivity index (χ0n) is 30.4. The van der Waals surface area contributed by atoms with Gasteiger partial charge in [-0.1, -0.05) is 0 Å². The molecule has 19 heteroatoms. The molecule has 0 bridgehead atoms. The fraction of sp³-hybridized carbons (Fsp3) is 0.389. The molecule has 1 N–H and O–H groups in total. The first kappa shape index (κ1) is 45.5. The Kier molecular flexibility index (Phi) is 15.0. The molecule has 0 spiro atoms. The molecule has 2 saturated heterocycles. The summed E-state index contributed by atoms with van der Waals surface area (Å²) in [4.78, 5) is 49.8. The molecule has 288 valence electrons. The van der Waals surface area contributed by atoms with Gasteiger partial charge >= 0.3 is 19.4 Å². The molecule has 4 fully saturated rings. The molecule has 0 atom stereocenters. The number of carbonyl (C=O) groups excluding carboxylic acids is 1. The second kappa shape index (κ2) is 18.1. The van der Waals surface area contributed by atoms with Crippen LogP contribution in [0.25, 0.3) is 21.8 Å². The second-order valence-electron chi connectivity index (χ2n) is 14.0. The van der Waals surface area contributed by atoms with Gasteiger partial charge in [0.05, 0.1) is 16.7 Å². The third-order valence-corrected chi connectivity index (χ3v) is 9.80. The zero-order valence-corrected chi connectivity index (χ0v) is 36.8. The molecule has 4 heterocycles. The number of carboxylic acid groups (broad SMARTS) is 1. The molecule has 2 aromatic carbocycles. The van der Waals surface area contributed by atoms with Gasteiger partial charge in [-0.25, -0.2) is 31.4 Å². The Morgan fingerprint density at radius 1 is 0.800 bits per heavy atom. The normalized spacial score (nSPS) is 16.7. The van der Waals surface area contributed by atoms with Crippen LogP contribution in [0.4, 0.5) is 27.5 Å². The van der Waals surface area contributed by atoms with Gasteiger partial charge in [0, 0.05) is 106 Å². The number of aryl methyl sites for hydroxylation is 2. The van der Waals surface area contributed by atoms with Gasteiger partial charge in [0.25, 0.3) is 0 Å². The topological polar surface area (TPSA) is 114 Å². The number of halogens is 6. The van der Waals surface area contributed by atoms with Crippen molar-refractivity contribution < 1.29 is 107 Å². The molecule has 2 aliphatic carbocycles. The Labute approximate surface area is 368 Å². The molecular formula is C36H35BClF5N4O6Y2-2. The van der Waals surface area contributed by atoms with E-state index in [0.29, 0.717) is 35.9 Å². The molecule has 2 aliphatic heterocycles. The molecule has 0 unspecified atom stereocenters. The van der Waals surface area contributed by atoms with Crippen molar-refractivity contribution >= 4 is 58.7 Å². The second-order valence-corrected chi connectivity index (χ2v) is 14.4. The van der Waals surface area contributed by atoms with E-state index in [2.05, 4.69) is 11.6 Å². The van der Waals surface area contributed by atoms with E-state index in [4.69, 9.17) is 11.8 Å². The van der Waals surface area contributed by atoms with E-state index in [1.54, 1.807) is 4.42 Å². The van der Waals surface area contributed by atoms with Crippen molar-refractivity contribution in [2.75, 3.05) is 31.1 Å². The monoisotopic (exact) mass is 938 g/mol. The van der Waals surface area contributed by atoms with E-state index in [1.165, 1.54) is 35.6 Å². The van der Waals surface area contributed by atoms with Gasteiger partial charge in [-0.3, -0.25) is 25.8 Å². The number of nitrogens with zero attached hydrogens (tertiary/aromatic N) is 4. The van der Waals surface area contributed by atoms with Crippen LogP contribution in [0.3, 0.4) is 0 Å². The molecule has 2 radical (unpaired) electrons. The van der Waals surface area contributed by atoms with Gasteiger partial charge in [-0.15, -0.1) is 26.2 Å². The van der Waals surface area contributed by atoms with Gasteiger partial charge in [0.2, 0.25) is 10.9 Å². The van der Waals surface area contributed by atoms with Gasteiger partial charge in [-0.05, 0) is 69.0 Å². The molecular weight excluding hydrogens is 903 g/mol. The standard InChI is InChI=1S/C18H18FN2O3.C14H10BF4NO3.C4H7ClN.2Y/c1-9-6-20(7-9)16-10(2)15-12(5-14(16)19)17(22)13(18(23)24)8-21(15)11-3-4-11;1-6-11(17)10(16)4-8-12(6)20(7-2-3-7)5-9(13(8)21)14(22)23-15(18)19;1-4-2-6(5)3-4;;/h5,8,11H,3-4,6-7H2,1-2H3,(H,23,24);4-5,7H,2-3H2,1H3;2-3H2,1H3;;/q-1;;-1;;. The minimum atomic E-state index is -3.38. The Balaban J connectivity index is 0.000000206. The summed E-state index contributed by atoms with van der Waals surface area (Å²) >= 11 is 5.46. The molecule has 10 nitrogen and oxygen atoms in total. The van der Waals surface area contributed by atoms with Crippen LogP contribution in [-0.4, -0.2) is 64.2 Å². The number of carbonyl (C=O) groups is 2. The number of benzene rings is 2. The molecule has 8 rings (SSSR count). The predicted molar refractivity (Wildman–Crippen MR) is 190 cm³/mol. The first-order valence-electron chi connectivity index (χ1n) is 16.9. The minimum absolute atomic E-state index is 0. The smallest absolute Gasteiger partial charge is 0.477 e. The number of pyridine rings is 2. The Morgan fingerprint density at radius 3 is 1.67 bits per heavy atom. The average molecular weight is 939 g/mol. The summed E-state index contributed by atoms with van der Waals surface area (Å²) in [7, 11) is -3.38. The first-order valence-corrected chi connectivity index (χ1v) is 17.2. The average Bonchev–Trinajstić information content (AvgIpc) is 3.98. The zero-order chi connectivity index (χ0) is 38.6. The van der Waals surface area contributed by atoms with E-state index >= 15 is 0 Å². The third-order valence-electron chi connectivity index (χ3n) is 9.56. The molecule has 2 saturated carbocycles. The molecule has 4 aromatic rings. The summed E-state index contributed by atoms with van der Waals surface area (Å²) in [6, 6.07) is 1.98. The maximum atomic E-state index is 14.7. The van der Waals surface area contributed by atoms with Gasteiger partial charge < -0.3 is 23.8 Å². The van der Waals surface area contributed by atoms with E-state index in [9.17, 15) is 46.1 Å². The largest absolute Gasteiger partial charge is 0.798 e. The van der Waals surface area contributed by atoms with Gasteiger partial charge in [-0.2, -0.15) is 13.8 Å². The van der Waals surface area contributed by atoms with Crippen LogP contribution in [0, 0.1) is 43.1 Å². The van der Waals surface area contributed by atoms with Crippen molar-refractivity contribution in [1.29, 1.82) is 0 Å². The maximum absolute atomic E-state index is 14.7. The van der Waals surface area contributed by atoms with Crippen molar-refractivity contribution in [2.45, 2.75) is 65.5 Å². The number of hydrogen-bond acceptors (Lipinski definition) is 7. The molecule has 0 amide bonds. The van der Waals surface area contributed by atoms with Gasteiger partial charge in [0.1, 0.15) is 16.9 Å². The van der Waals surface area contributed by atoms with Crippen LogP contribution in [0.15, 0.2) is 34.1 Å². The summed E-state index contributed by atoms with van der Waals surface area (Å²) in [5.74, 6) is -2.80. The Bertz CT molecular complexity index is 2260. The molecule has 2 aromatic heterocycles. The number of aromatic carboxylic acids is 1. The van der Waals surface area contributed by atoms with Crippen LogP contribution >= 0.6 is 11.8 Å². The van der Waals surface area contributed by atoms with Crippen molar-refractivity contribution in [1.82, 2.24) is 13.6 Å². The Hall–Kier alpha value is -2.23. The predicted octanol–water partition coefficient (Wildman–Crippen LogP) is 6.95. The quantitative estimate of drug-likeness (QED) is 0.0958. The number of hydrogen-bond donors (Lipinski definition) is 1. The molecule has 4 aliphatic rings. The third kappa shape index (κ3) is 9.57. The number of aromatic nitrogens is 2. The Morgan fingerprint density at radius 2 is 1.25 bits per heavy atom. The fourth-order valence-electron chi connectivity index (χ4n) is 6.74. The van der Waals surface area contributed by atoms with E-state index in [0.717, 1.165) is 45.0 Å². The summed E-state index contributed by atoms with van der Waals surface area (Å²) < 4.78 is 75.4. The van der Waals surface area contributed by atoms with E-state index in [1.807, 2.05) is 23.3 Å². The summed E-state index contributed by atoms with van der Waals surface area (Å²) in [5.41, 5.74) is -0.539. The number of anilines is 1. The first-order chi connectivity index (χ1) is 25.0. The van der Waals surface area contributed by atoms with Crippen LogP contribution < -0.4 is 15.8 Å². The SMILES string of the molecule is C[C-]1CN(Cl)C1.Cc1c(F)c(F)cc2c(=O)c(C(=O)OB(F)F)cn(C3CC3)c12.Cc1c(N2C[C-](C)C2)c(F)cc2c(=O)c(C(=O)O)cn(C3CC3)c12.[Y].[Y]. The summed E-state index contributed by atoms with van der Waals surface area (Å²) in [5, 5.41) is 9.21. The maximum Gasteiger partial charge on any atom is 0.798 e. The van der Waals surface area contributed by atoms with Crippen LogP contribution in [0.2, 0.25) is 0 Å². The van der Waals surface area contributed by atoms with Crippen LogP contribution in [-0.2, 0) is 70.1 Å². The summed E-state index contributed by atoms with van der Waals surface area (Å²) in [6.45, 7) is 10.7. The number of fused-ring (bicyclic) bond motifs is 2. The minimum Gasteiger partial charge on any atom is -0.477 e. The van der Waals surface area contributed by atoms with Gasteiger partial charge in [0.15, 0.2) is 11.6 Å². The summed E-state index contributed by atoms with van der Waals surface area (Å²) in [6.07, 6.45) is 5.84. The van der Waals surface area contributed by atoms with E-state index in [-0.39, 0.29) is 105 Å². The van der Waals surface area contributed by atoms with Crippen LogP contribution in [0.1, 0.15) is 83.5 Å². The van der Waals surface area contributed by atoms with E-state index < -0.39 is 53.3 Å².